The Kier molecular flexibility index (Phi) is 4.43. The van der Waals surface area contributed by atoms with Crippen molar-refractivity contribution in [2.24, 2.45) is 5.92 Å². The molecule has 5 heteroatoms. The first-order valence-electron chi connectivity index (χ1n) is 6.32. The number of carbonyl (C=O) groups is 1. The maximum atomic E-state index is 11.8. The third-order valence-corrected chi connectivity index (χ3v) is 3.66. The number of nitrogens with zero attached hydrogens (tertiary/aromatic N) is 1. The average Bonchev–Trinajstić information content (AvgIpc) is 2.79. The van der Waals surface area contributed by atoms with Gasteiger partial charge in [-0.15, -0.1) is 11.6 Å². The summed E-state index contributed by atoms with van der Waals surface area (Å²) in [4.78, 5) is 11.8. The van der Waals surface area contributed by atoms with Crippen molar-refractivity contribution < 1.29 is 9.32 Å². The highest BCUT2D eigenvalue weighted by molar-refractivity contribution is 6.21. The maximum Gasteiger partial charge on any atom is 0.226 e. The SMILES string of the molecule is CC(C)C(Cl)CNC(=O)Cc1noc2ccccc12. The van der Waals surface area contributed by atoms with Crippen LogP contribution < -0.4 is 5.32 Å². The molecule has 0 aliphatic carbocycles. The number of rotatable bonds is 5. The number of aromatic nitrogens is 1. The van der Waals surface area contributed by atoms with Crippen LogP contribution in [0.4, 0.5) is 0 Å². The van der Waals surface area contributed by atoms with Gasteiger partial charge >= 0.3 is 0 Å². The molecule has 0 bridgehead atoms. The van der Waals surface area contributed by atoms with E-state index in [2.05, 4.69) is 10.5 Å². The van der Waals surface area contributed by atoms with Gasteiger partial charge in [-0.2, -0.15) is 0 Å². The first-order chi connectivity index (χ1) is 9.08. The van der Waals surface area contributed by atoms with Crippen LogP contribution in [-0.2, 0) is 11.2 Å². The number of benzene rings is 1. The van der Waals surface area contributed by atoms with Crippen molar-refractivity contribution in [3.8, 4) is 0 Å². The molecule has 4 nitrogen and oxygen atoms in total. The van der Waals surface area contributed by atoms with Crippen LogP contribution in [0.1, 0.15) is 19.5 Å². The maximum absolute atomic E-state index is 11.8. The monoisotopic (exact) mass is 280 g/mol. The minimum absolute atomic E-state index is 0.0574. The molecule has 0 fully saturated rings. The van der Waals surface area contributed by atoms with Crippen LogP contribution in [-0.4, -0.2) is 23.0 Å². The van der Waals surface area contributed by atoms with E-state index < -0.39 is 0 Å². The van der Waals surface area contributed by atoms with Crippen LogP contribution in [0.5, 0.6) is 0 Å². The third kappa shape index (κ3) is 3.47. The van der Waals surface area contributed by atoms with Gasteiger partial charge in [0.05, 0.1) is 11.8 Å². The molecule has 0 aliphatic heterocycles. The van der Waals surface area contributed by atoms with Crippen molar-refractivity contribution in [3.05, 3.63) is 30.0 Å². The van der Waals surface area contributed by atoms with Gasteiger partial charge < -0.3 is 9.84 Å². The molecule has 0 spiro atoms. The Morgan fingerprint density at radius 2 is 2.16 bits per heavy atom. The summed E-state index contributed by atoms with van der Waals surface area (Å²) in [7, 11) is 0. The second kappa shape index (κ2) is 6.06. The zero-order valence-electron chi connectivity index (χ0n) is 11.0. The summed E-state index contributed by atoms with van der Waals surface area (Å²) >= 11 is 6.09. The summed E-state index contributed by atoms with van der Waals surface area (Å²) < 4.78 is 5.16. The third-order valence-electron chi connectivity index (χ3n) is 3.00. The van der Waals surface area contributed by atoms with Gasteiger partial charge in [0.2, 0.25) is 5.91 Å². The molecule has 1 heterocycles. The van der Waals surface area contributed by atoms with Crippen molar-refractivity contribution in [2.75, 3.05) is 6.54 Å². The second-order valence-electron chi connectivity index (χ2n) is 4.87. The second-order valence-corrected chi connectivity index (χ2v) is 5.43. The molecule has 1 N–H and O–H groups in total. The summed E-state index contributed by atoms with van der Waals surface area (Å²) in [6.07, 6.45) is 0.207. The fourth-order valence-corrected chi connectivity index (χ4v) is 1.80. The number of halogens is 1. The fraction of sp³-hybridized carbons (Fsp3) is 0.429. The highest BCUT2D eigenvalue weighted by Gasteiger charge is 2.14. The Morgan fingerprint density at radius 3 is 2.89 bits per heavy atom. The molecule has 0 saturated carbocycles. The smallest absolute Gasteiger partial charge is 0.226 e. The van der Waals surface area contributed by atoms with Crippen molar-refractivity contribution in [2.45, 2.75) is 25.6 Å². The molecule has 2 aromatic rings. The molecule has 0 radical (unpaired) electrons. The molecule has 1 unspecified atom stereocenters. The Balaban J connectivity index is 1.96. The zero-order valence-corrected chi connectivity index (χ0v) is 11.8. The summed E-state index contributed by atoms with van der Waals surface area (Å²) in [6.45, 7) is 4.51. The Bertz CT molecular complexity index is 565. The number of fused-ring (bicyclic) bond motifs is 1. The molecule has 102 valence electrons. The molecular formula is C14H17ClN2O2. The zero-order chi connectivity index (χ0) is 13.8. The van der Waals surface area contributed by atoms with Crippen LogP contribution >= 0.6 is 11.6 Å². The van der Waals surface area contributed by atoms with Gasteiger partial charge in [-0.25, -0.2) is 0 Å². The predicted octanol–water partition coefficient (Wildman–Crippen LogP) is 2.75. The first kappa shape index (κ1) is 13.9. The molecule has 0 saturated heterocycles. The molecule has 1 amide bonds. The standard InChI is InChI=1S/C14H17ClN2O2/c1-9(2)11(15)8-16-14(18)7-12-10-5-3-4-6-13(10)19-17-12/h3-6,9,11H,7-8H2,1-2H3,(H,16,18). The van der Waals surface area contributed by atoms with Gasteiger partial charge in [-0.05, 0) is 18.1 Å². The molecule has 19 heavy (non-hydrogen) atoms. The minimum atomic E-state index is -0.0923. The number of para-hydroxylation sites is 1. The number of nitrogens with one attached hydrogen (secondary N) is 1. The molecule has 0 aliphatic rings. The number of hydrogen-bond acceptors (Lipinski definition) is 3. The summed E-state index contributed by atoms with van der Waals surface area (Å²) in [5, 5.41) is 7.56. The Morgan fingerprint density at radius 1 is 1.42 bits per heavy atom. The van der Waals surface area contributed by atoms with Gasteiger partial charge in [0.25, 0.3) is 0 Å². The number of alkyl halides is 1. The van der Waals surface area contributed by atoms with E-state index in [1.54, 1.807) is 0 Å². The van der Waals surface area contributed by atoms with Gasteiger partial charge in [0.1, 0.15) is 5.69 Å². The first-order valence-corrected chi connectivity index (χ1v) is 6.75. The lowest BCUT2D eigenvalue weighted by Gasteiger charge is -2.13. The molecular weight excluding hydrogens is 264 g/mol. The van der Waals surface area contributed by atoms with Crippen LogP contribution in [0.3, 0.4) is 0 Å². The van der Waals surface area contributed by atoms with Crippen LogP contribution in [0, 0.1) is 5.92 Å². The largest absolute Gasteiger partial charge is 0.356 e. The van der Waals surface area contributed by atoms with Gasteiger partial charge in [0, 0.05) is 11.9 Å². The lowest BCUT2D eigenvalue weighted by atomic mass is 10.1. The van der Waals surface area contributed by atoms with Crippen molar-refractivity contribution in [1.29, 1.82) is 0 Å². The van der Waals surface area contributed by atoms with Gasteiger partial charge in [0.15, 0.2) is 5.58 Å². The van der Waals surface area contributed by atoms with Crippen molar-refractivity contribution in [1.82, 2.24) is 10.5 Å². The lowest BCUT2D eigenvalue weighted by Crippen LogP contribution is -2.33. The quantitative estimate of drug-likeness (QED) is 0.857. The van der Waals surface area contributed by atoms with E-state index in [4.69, 9.17) is 16.1 Å². The van der Waals surface area contributed by atoms with E-state index in [9.17, 15) is 4.79 Å². The topological polar surface area (TPSA) is 55.1 Å². The van der Waals surface area contributed by atoms with Crippen LogP contribution in [0.25, 0.3) is 11.0 Å². The van der Waals surface area contributed by atoms with E-state index in [1.807, 2.05) is 38.1 Å². The van der Waals surface area contributed by atoms with Gasteiger partial charge in [-0.1, -0.05) is 31.1 Å². The minimum Gasteiger partial charge on any atom is -0.356 e. The number of amides is 1. The number of hydrogen-bond donors (Lipinski definition) is 1. The summed E-state index contributed by atoms with van der Waals surface area (Å²) in [5.74, 6) is 0.236. The van der Waals surface area contributed by atoms with Crippen molar-refractivity contribution >= 4 is 28.5 Å². The van der Waals surface area contributed by atoms with Crippen LogP contribution in [0.15, 0.2) is 28.8 Å². The average molecular weight is 281 g/mol. The molecule has 1 aromatic carbocycles. The van der Waals surface area contributed by atoms with E-state index in [0.717, 1.165) is 5.39 Å². The summed E-state index contributed by atoms with van der Waals surface area (Å²) in [6, 6.07) is 7.50. The molecule has 2 rings (SSSR count). The highest BCUT2D eigenvalue weighted by atomic mass is 35.5. The van der Waals surface area contributed by atoms with Crippen LogP contribution in [0.2, 0.25) is 0 Å². The van der Waals surface area contributed by atoms with E-state index in [1.165, 1.54) is 0 Å². The summed E-state index contributed by atoms with van der Waals surface area (Å²) in [5.41, 5.74) is 1.35. The normalized spacial score (nSPS) is 12.8. The van der Waals surface area contributed by atoms with Gasteiger partial charge in [-0.3, -0.25) is 4.79 Å². The van der Waals surface area contributed by atoms with Crippen molar-refractivity contribution in [3.63, 3.8) is 0 Å². The molecule has 1 atom stereocenters. The lowest BCUT2D eigenvalue weighted by molar-refractivity contribution is -0.120. The number of carbonyl (C=O) groups excluding carboxylic acids is 1. The van der Waals surface area contributed by atoms with E-state index >= 15 is 0 Å². The van der Waals surface area contributed by atoms with E-state index in [-0.39, 0.29) is 17.7 Å². The van der Waals surface area contributed by atoms with E-state index in [0.29, 0.717) is 23.7 Å². The molecule has 1 aromatic heterocycles. The Labute approximate surface area is 117 Å². The highest BCUT2D eigenvalue weighted by Crippen LogP contribution is 2.18. The fourth-order valence-electron chi connectivity index (χ4n) is 1.73. The predicted molar refractivity (Wildman–Crippen MR) is 75.2 cm³/mol. The Hall–Kier alpha value is -1.55.